The largest absolute Gasteiger partial charge is 0.131 e. The Morgan fingerprint density at radius 3 is 2.23 bits per heavy atom. The molecule has 0 aromatic heterocycles. The van der Waals surface area contributed by atoms with Crippen molar-refractivity contribution in [3.05, 3.63) is 35.3 Å². The third kappa shape index (κ3) is 12.1. The molecular weight excluding hydrogens is 284 g/mol. The number of allylic oxidation sites excluding steroid dienone is 6. The molecule has 0 nitrogen and oxygen atoms in total. The normalized spacial score (nSPS) is 15.2. The van der Waals surface area contributed by atoms with Crippen LogP contribution in [0.5, 0.6) is 0 Å². The molecule has 1 heteroatoms. The first-order valence-corrected chi connectivity index (χ1v) is 10.5. The van der Waals surface area contributed by atoms with Crippen LogP contribution in [0.4, 0.5) is 0 Å². The molecule has 1 aliphatic rings. The molecule has 0 unspecified atom stereocenters. The van der Waals surface area contributed by atoms with Gasteiger partial charge in [-0.2, -0.15) is 0 Å². The zero-order valence-corrected chi connectivity index (χ0v) is 15.5. The molecule has 0 aromatic rings. The summed E-state index contributed by atoms with van der Waals surface area (Å²) in [7, 11) is 0. The van der Waals surface area contributed by atoms with Crippen molar-refractivity contribution in [2.45, 2.75) is 90.4 Å². The van der Waals surface area contributed by atoms with Crippen LogP contribution in [0.3, 0.4) is 0 Å². The summed E-state index contributed by atoms with van der Waals surface area (Å²) in [4.78, 5) is 1.66. The van der Waals surface area contributed by atoms with E-state index in [9.17, 15) is 0 Å². The fourth-order valence-electron chi connectivity index (χ4n) is 2.75. The van der Waals surface area contributed by atoms with Gasteiger partial charge < -0.3 is 0 Å². The molecule has 1 aliphatic heterocycles. The van der Waals surface area contributed by atoms with Crippen LogP contribution in [0.15, 0.2) is 35.3 Å². The Kier molecular flexibility index (Phi) is 13.8. The maximum Gasteiger partial charge on any atom is 0.00117 e. The monoisotopic (exact) mass is 320 g/mol. The summed E-state index contributed by atoms with van der Waals surface area (Å²) in [6.07, 6.45) is 29.2. The van der Waals surface area contributed by atoms with E-state index < -0.39 is 0 Å². The van der Waals surface area contributed by atoms with Gasteiger partial charge in [0.15, 0.2) is 0 Å². The molecule has 1 heterocycles. The van der Waals surface area contributed by atoms with Crippen LogP contribution in [0.25, 0.3) is 0 Å². The first-order chi connectivity index (χ1) is 10.9. The second-order valence-electron chi connectivity index (χ2n) is 6.29. The van der Waals surface area contributed by atoms with Crippen molar-refractivity contribution < 1.29 is 0 Å². The summed E-state index contributed by atoms with van der Waals surface area (Å²) in [6, 6.07) is 0. The van der Waals surface area contributed by atoms with E-state index in [-0.39, 0.29) is 0 Å². The second kappa shape index (κ2) is 15.5. The first kappa shape index (κ1) is 19.6. The topological polar surface area (TPSA) is 0 Å². The highest BCUT2D eigenvalue weighted by atomic mass is 32.2. The quantitative estimate of drug-likeness (QED) is 0.232. The summed E-state index contributed by atoms with van der Waals surface area (Å²) in [5, 5.41) is 0. The molecule has 0 N–H and O–H groups in total. The molecule has 0 aliphatic carbocycles. The summed E-state index contributed by atoms with van der Waals surface area (Å²) >= 11 is 2.08. The van der Waals surface area contributed by atoms with Gasteiger partial charge in [-0.05, 0) is 56.3 Å². The van der Waals surface area contributed by atoms with E-state index in [2.05, 4.69) is 49.1 Å². The lowest BCUT2D eigenvalue weighted by Gasteiger charge is -2.01. The zero-order valence-electron chi connectivity index (χ0n) is 14.7. The number of thioether (sulfide) groups is 1. The third-order valence-electron chi connectivity index (χ3n) is 4.15. The molecule has 0 atom stereocenters. The molecule has 0 aromatic carbocycles. The second-order valence-corrected chi connectivity index (χ2v) is 7.51. The maximum absolute atomic E-state index is 2.44. The molecule has 0 bridgehead atoms. The minimum absolute atomic E-state index is 1.12. The van der Waals surface area contributed by atoms with Gasteiger partial charge in [0.25, 0.3) is 0 Å². The summed E-state index contributed by atoms with van der Waals surface area (Å²) < 4.78 is 0. The van der Waals surface area contributed by atoms with Crippen molar-refractivity contribution in [3.8, 4) is 0 Å². The van der Waals surface area contributed by atoms with Gasteiger partial charge >= 0.3 is 0 Å². The molecule has 22 heavy (non-hydrogen) atoms. The van der Waals surface area contributed by atoms with Crippen molar-refractivity contribution >= 4 is 11.8 Å². The molecular formula is C21H36S. The average molecular weight is 321 g/mol. The standard InChI is InChI=1S/C21H36S/c1-2-3-4-5-6-7-8-9-10-11-12-13-14-15-16-18-21-19-17-20-22-21/h6-7,9-10,19H,2-5,8,11-18,20H2,1H3/b7-6-,10-9-. The Bertz CT molecular complexity index is 325. The van der Waals surface area contributed by atoms with Gasteiger partial charge in [-0.25, -0.2) is 0 Å². The van der Waals surface area contributed by atoms with Gasteiger partial charge in [0.1, 0.15) is 0 Å². The Balaban J connectivity index is 1.77. The van der Waals surface area contributed by atoms with Crippen LogP contribution in [0, 0.1) is 0 Å². The Labute approximate surface area is 143 Å². The van der Waals surface area contributed by atoms with E-state index in [1.807, 2.05) is 0 Å². The van der Waals surface area contributed by atoms with Gasteiger partial charge in [-0.1, -0.05) is 69.4 Å². The molecule has 0 fully saturated rings. The van der Waals surface area contributed by atoms with Crippen LogP contribution < -0.4 is 0 Å². The molecule has 0 radical (unpaired) electrons. The fraction of sp³-hybridized carbons (Fsp3) is 0.714. The van der Waals surface area contributed by atoms with Crippen molar-refractivity contribution in [1.82, 2.24) is 0 Å². The average Bonchev–Trinajstić information content (AvgIpc) is 3.04. The van der Waals surface area contributed by atoms with Crippen LogP contribution in [-0.4, -0.2) is 5.75 Å². The Hall–Kier alpha value is -0.430. The summed E-state index contributed by atoms with van der Waals surface area (Å²) in [6.45, 7) is 2.26. The molecule has 0 amide bonds. The first-order valence-electron chi connectivity index (χ1n) is 9.55. The van der Waals surface area contributed by atoms with Gasteiger partial charge in [-0.3, -0.25) is 0 Å². The highest BCUT2D eigenvalue weighted by Crippen LogP contribution is 2.29. The minimum Gasteiger partial charge on any atom is -0.131 e. The van der Waals surface area contributed by atoms with E-state index in [4.69, 9.17) is 0 Å². The minimum atomic E-state index is 1.12. The van der Waals surface area contributed by atoms with Crippen LogP contribution in [0.1, 0.15) is 90.4 Å². The SMILES string of the molecule is CCCCC/C=C\C/C=C\CCCCCCCC1=CCCS1. The lowest BCUT2D eigenvalue weighted by molar-refractivity contribution is 0.620. The highest BCUT2D eigenvalue weighted by Gasteiger charge is 2.03. The van der Waals surface area contributed by atoms with Crippen molar-refractivity contribution in [3.63, 3.8) is 0 Å². The molecule has 1 rings (SSSR count). The highest BCUT2D eigenvalue weighted by molar-refractivity contribution is 8.03. The van der Waals surface area contributed by atoms with Crippen molar-refractivity contribution in [2.75, 3.05) is 5.75 Å². The number of rotatable bonds is 14. The number of hydrogen-bond donors (Lipinski definition) is 0. The van der Waals surface area contributed by atoms with E-state index in [1.165, 1.54) is 82.8 Å². The third-order valence-corrected chi connectivity index (χ3v) is 5.33. The van der Waals surface area contributed by atoms with Crippen LogP contribution in [0.2, 0.25) is 0 Å². The van der Waals surface area contributed by atoms with E-state index >= 15 is 0 Å². The summed E-state index contributed by atoms with van der Waals surface area (Å²) in [5.74, 6) is 1.33. The molecule has 0 saturated carbocycles. The predicted octanol–water partition coefficient (Wildman–Crippen LogP) is 7.82. The Morgan fingerprint density at radius 1 is 0.864 bits per heavy atom. The maximum atomic E-state index is 2.44. The number of unbranched alkanes of at least 4 members (excludes halogenated alkanes) is 8. The van der Waals surface area contributed by atoms with Gasteiger partial charge in [-0.15, -0.1) is 11.8 Å². The lowest BCUT2D eigenvalue weighted by Crippen LogP contribution is -1.80. The lowest BCUT2D eigenvalue weighted by atomic mass is 10.1. The van der Waals surface area contributed by atoms with Gasteiger partial charge in [0.05, 0.1) is 0 Å². The van der Waals surface area contributed by atoms with Crippen LogP contribution >= 0.6 is 11.8 Å². The molecule has 0 saturated heterocycles. The van der Waals surface area contributed by atoms with E-state index in [0.29, 0.717) is 0 Å². The summed E-state index contributed by atoms with van der Waals surface area (Å²) in [5.41, 5.74) is 0. The van der Waals surface area contributed by atoms with Crippen LogP contribution in [-0.2, 0) is 0 Å². The predicted molar refractivity (Wildman–Crippen MR) is 105 cm³/mol. The van der Waals surface area contributed by atoms with Gasteiger partial charge in [0, 0.05) is 5.75 Å². The van der Waals surface area contributed by atoms with Crippen molar-refractivity contribution in [1.29, 1.82) is 0 Å². The van der Waals surface area contributed by atoms with E-state index in [0.717, 1.165) is 6.42 Å². The smallest absolute Gasteiger partial charge is 0.00117 e. The van der Waals surface area contributed by atoms with Gasteiger partial charge in [0.2, 0.25) is 0 Å². The number of hydrogen-bond acceptors (Lipinski definition) is 1. The fourth-order valence-corrected chi connectivity index (χ4v) is 3.78. The Morgan fingerprint density at radius 2 is 1.55 bits per heavy atom. The van der Waals surface area contributed by atoms with E-state index in [1.54, 1.807) is 4.91 Å². The molecule has 126 valence electrons. The zero-order chi connectivity index (χ0) is 15.7. The van der Waals surface area contributed by atoms with Crippen molar-refractivity contribution in [2.24, 2.45) is 0 Å². The molecule has 0 spiro atoms.